The van der Waals surface area contributed by atoms with Crippen LogP contribution in [-0.4, -0.2) is 23.3 Å². The fourth-order valence-electron chi connectivity index (χ4n) is 2.90. The number of nitrogens with zero attached hydrogens (tertiary/aromatic N) is 2. The Morgan fingerprint density at radius 2 is 2.05 bits per heavy atom. The molecule has 1 aromatic carbocycles. The Bertz CT molecular complexity index is 735. The first-order chi connectivity index (χ1) is 10.3. The number of anilines is 2. The van der Waals surface area contributed by atoms with Gasteiger partial charge < -0.3 is 5.32 Å². The summed E-state index contributed by atoms with van der Waals surface area (Å²) in [6.45, 7) is 0.962. The molecule has 0 fully saturated rings. The number of hydrogen-bond acceptors (Lipinski definition) is 4. The van der Waals surface area contributed by atoms with Crippen molar-refractivity contribution in [2.24, 2.45) is 0 Å². The molecule has 21 heavy (non-hydrogen) atoms. The summed E-state index contributed by atoms with van der Waals surface area (Å²) in [4.78, 5) is 30.1. The molecule has 1 aromatic heterocycles. The SMILES string of the molecule is O=C1c2cccnc2C(=O)N1c1ccc2c(c1)CCCN2. The van der Waals surface area contributed by atoms with Gasteiger partial charge >= 0.3 is 0 Å². The molecule has 2 aliphatic heterocycles. The van der Waals surface area contributed by atoms with Gasteiger partial charge in [0.25, 0.3) is 11.8 Å². The van der Waals surface area contributed by atoms with E-state index in [1.54, 1.807) is 18.2 Å². The van der Waals surface area contributed by atoms with Crippen molar-refractivity contribution >= 4 is 23.2 Å². The molecule has 0 unspecified atom stereocenters. The fourth-order valence-corrected chi connectivity index (χ4v) is 2.90. The minimum Gasteiger partial charge on any atom is -0.385 e. The summed E-state index contributed by atoms with van der Waals surface area (Å²) in [6, 6.07) is 8.97. The van der Waals surface area contributed by atoms with E-state index in [2.05, 4.69) is 10.3 Å². The van der Waals surface area contributed by atoms with E-state index in [1.807, 2.05) is 12.1 Å². The summed E-state index contributed by atoms with van der Waals surface area (Å²) in [5.74, 6) is -0.647. The molecule has 0 radical (unpaired) electrons. The van der Waals surface area contributed by atoms with Crippen LogP contribution < -0.4 is 10.2 Å². The second-order valence-electron chi connectivity index (χ2n) is 5.22. The highest BCUT2D eigenvalue weighted by molar-refractivity contribution is 6.33. The van der Waals surface area contributed by atoms with Crippen molar-refractivity contribution in [1.29, 1.82) is 0 Å². The number of nitrogens with one attached hydrogen (secondary N) is 1. The third kappa shape index (κ3) is 1.74. The summed E-state index contributed by atoms with van der Waals surface area (Å²) in [6.07, 6.45) is 3.54. The van der Waals surface area contributed by atoms with Crippen LogP contribution in [0.5, 0.6) is 0 Å². The summed E-state index contributed by atoms with van der Waals surface area (Å²) in [5.41, 5.74) is 3.45. The van der Waals surface area contributed by atoms with E-state index >= 15 is 0 Å². The second-order valence-corrected chi connectivity index (χ2v) is 5.22. The molecule has 5 nitrogen and oxygen atoms in total. The normalized spacial score (nSPS) is 16.5. The Morgan fingerprint density at radius 3 is 2.90 bits per heavy atom. The molecule has 0 saturated heterocycles. The lowest BCUT2D eigenvalue weighted by Gasteiger charge is -2.21. The number of amides is 2. The van der Waals surface area contributed by atoms with Crippen molar-refractivity contribution < 1.29 is 9.59 Å². The largest absolute Gasteiger partial charge is 0.385 e. The summed E-state index contributed by atoms with van der Waals surface area (Å²) < 4.78 is 0. The minimum atomic E-state index is -0.348. The molecule has 1 N–H and O–H groups in total. The number of aryl methyl sites for hydroxylation is 1. The average Bonchev–Trinajstić information content (AvgIpc) is 2.79. The number of aromatic nitrogens is 1. The number of rotatable bonds is 1. The molecule has 0 spiro atoms. The highest BCUT2D eigenvalue weighted by Crippen LogP contribution is 2.31. The number of imide groups is 1. The van der Waals surface area contributed by atoms with Gasteiger partial charge in [0.2, 0.25) is 0 Å². The monoisotopic (exact) mass is 279 g/mol. The summed E-state index contributed by atoms with van der Waals surface area (Å²) in [5, 5.41) is 3.32. The predicted octanol–water partition coefficient (Wildman–Crippen LogP) is 2.24. The molecule has 0 aliphatic carbocycles. The third-order valence-corrected chi connectivity index (χ3v) is 3.93. The maximum absolute atomic E-state index is 12.4. The highest BCUT2D eigenvalue weighted by Gasteiger charge is 2.37. The lowest BCUT2D eigenvalue weighted by atomic mass is 10.0. The van der Waals surface area contributed by atoms with Crippen molar-refractivity contribution in [2.75, 3.05) is 16.8 Å². The van der Waals surface area contributed by atoms with Crippen molar-refractivity contribution in [3.63, 3.8) is 0 Å². The van der Waals surface area contributed by atoms with Gasteiger partial charge in [-0.1, -0.05) is 0 Å². The molecule has 0 saturated carbocycles. The van der Waals surface area contributed by atoms with Crippen LogP contribution in [0.25, 0.3) is 0 Å². The number of fused-ring (bicyclic) bond motifs is 2. The Morgan fingerprint density at radius 1 is 1.14 bits per heavy atom. The van der Waals surface area contributed by atoms with Gasteiger partial charge in [0.15, 0.2) is 0 Å². The van der Waals surface area contributed by atoms with Gasteiger partial charge in [0, 0.05) is 18.4 Å². The zero-order chi connectivity index (χ0) is 14.4. The van der Waals surface area contributed by atoms with Gasteiger partial charge in [-0.15, -0.1) is 0 Å². The van der Waals surface area contributed by atoms with E-state index in [0.29, 0.717) is 11.3 Å². The van der Waals surface area contributed by atoms with Gasteiger partial charge in [-0.05, 0) is 48.7 Å². The van der Waals surface area contributed by atoms with Crippen molar-refractivity contribution in [2.45, 2.75) is 12.8 Å². The van der Waals surface area contributed by atoms with Crippen LogP contribution in [0.1, 0.15) is 32.8 Å². The molecule has 0 bridgehead atoms. The molecular formula is C16H13N3O2. The summed E-state index contributed by atoms with van der Waals surface area (Å²) >= 11 is 0. The van der Waals surface area contributed by atoms with E-state index in [1.165, 1.54) is 11.1 Å². The Labute approximate surface area is 121 Å². The van der Waals surface area contributed by atoms with Gasteiger partial charge in [-0.2, -0.15) is 0 Å². The summed E-state index contributed by atoms with van der Waals surface area (Å²) in [7, 11) is 0. The van der Waals surface area contributed by atoms with Crippen molar-refractivity contribution in [3.8, 4) is 0 Å². The maximum Gasteiger partial charge on any atom is 0.284 e. The van der Waals surface area contributed by atoms with Crippen molar-refractivity contribution in [3.05, 3.63) is 53.3 Å². The third-order valence-electron chi connectivity index (χ3n) is 3.93. The number of benzene rings is 1. The van der Waals surface area contributed by atoms with Gasteiger partial charge in [0.05, 0.1) is 11.3 Å². The van der Waals surface area contributed by atoms with Gasteiger partial charge in [-0.3, -0.25) is 14.6 Å². The Hall–Kier alpha value is -2.69. The number of carbonyl (C=O) groups is 2. The molecule has 5 heteroatoms. The van der Waals surface area contributed by atoms with Gasteiger partial charge in [0.1, 0.15) is 5.69 Å². The first-order valence-corrected chi connectivity index (χ1v) is 6.96. The zero-order valence-corrected chi connectivity index (χ0v) is 11.3. The van der Waals surface area contributed by atoms with Crippen LogP contribution >= 0.6 is 0 Å². The molecule has 0 atom stereocenters. The number of pyridine rings is 1. The second kappa shape index (κ2) is 4.41. The average molecular weight is 279 g/mol. The molecule has 104 valence electrons. The van der Waals surface area contributed by atoms with Crippen LogP contribution in [-0.2, 0) is 6.42 Å². The predicted molar refractivity (Wildman–Crippen MR) is 78.6 cm³/mol. The van der Waals surface area contributed by atoms with E-state index in [4.69, 9.17) is 0 Å². The zero-order valence-electron chi connectivity index (χ0n) is 11.3. The van der Waals surface area contributed by atoms with E-state index < -0.39 is 0 Å². The van der Waals surface area contributed by atoms with Crippen LogP contribution in [0.3, 0.4) is 0 Å². The fraction of sp³-hybridized carbons (Fsp3) is 0.188. The molecule has 2 aromatic rings. The standard InChI is InChI=1S/C16H13N3O2/c20-15-12-4-2-8-18-14(12)16(21)19(15)11-5-6-13-10(9-11)3-1-7-17-13/h2,4-6,8-9,17H,1,3,7H2. The molecule has 3 heterocycles. The quantitative estimate of drug-likeness (QED) is 0.813. The number of carbonyl (C=O) groups excluding carboxylic acids is 2. The number of hydrogen-bond donors (Lipinski definition) is 1. The van der Waals surface area contributed by atoms with Crippen LogP contribution in [0, 0.1) is 0 Å². The van der Waals surface area contributed by atoms with E-state index in [0.717, 1.165) is 30.6 Å². The molecular weight excluding hydrogens is 266 g/mol. The van der Waals surface area contributed by atoms with Crippen LogP contribution in [0.4, 0.5) is 11.4 Å². The lowest BCUT2D eigenvalue weighted by molar-refractivity contribution is 0.0924. The van der Waals surface area contributed by atoms with Gasteiger partial charge in [-0.25, -0.2) is 4.90 Å². The maximum atomic E-state index is 12.4. The Balaban J connectivity index is 1.78. The lowest BCUT2D eigenvalue weighted by Crippen LogP contribution is -2.29. The van der Waals surface area contributed by atoms with Crippen LogP contribution in [0.2, 0.25) is 0 Å². The smallest absolute Gasteiger partial charge is 0.284 e. The van der Waals surface area contributed by atoms with Crippen molar-refractivity contribution in [1.82, 2.24) is 4.98 Å². The molecule has 4 rings (SSSR count). The molecule has 2 aliphatic rings. The first-order valence-electron chi connectivity index (χ1n) is 6.96. The van der Waals surface area contributed by atoms with E-state index in [-0.39, 0.29) is 17.5 Å². The first kappa shape index (κ1) is 12.1. The minimum absolute atomic E-state index is 0.235. The van der Waals surface area contributed by atoms with Crippen LogP contribution in [0.15, 0.2) is 36.5 Å². The van der Waals surface area contributed by atoms with E-state index in [9.17, 15) is 9.59 Å². The topological polar surface area (TPSA) is 62.3 Å². The Kier molecular flexibility index (Phi) is 2.54. The molecule has 2 amide bonds. The highest BCUT2D eigenvalue weighted by atomic mass is 16.2.